The van der Waals surface area contributed by atoms with E-state index < -0.39 is 102 Å². The van der Waals surface area contributed by atoms with E-state index in [-0.39, 0.29) is 95.1 Å². The van der Waals surface area contributed by atoms with Gasteiger partial charge in [0, 0.05) is 97.4 Å². The highest BCUT2D eigenvalue weighted by molar-refractivity contribution is 8.77. The van der Waals surface area contributed by atoms with Crippen molar-refractivity contribution in [1.29, 1.82) is 0 Å². The van der Waals surface area contributed by atoms with Crippen molar-refractivity contribution in [3.8, 4) is 11.8 Å². The van der Waals surface area contributed by atoms with Gasteiger partial charge in [0.05, 0.1) is 86.0 Å². The highest BCUT2D eigenvalue weighted by Crippen LogP contribution is 2.66. The Labute approximate surface area is 666 Å². The first-order valence-electron chi connectivity index (χ1n) is 35.2. The number of unbranched alkanes of at least 4 members (excludes halogenated alkanes) is 3. The third-order valence-electron chi connectivity index (χ3n) is 17.2. The molecule has 4 aromatic rings. The number of H-pyrrole nitrogens is 1. The molecule has 10 N–H and O–H groups in total. The van der Waals surface area contributed by atoms with E-state index in [1.54, 1.807) is 29.2 Å². The molecule has 0 bridgehead atoms. The first-order chi connectivity index (χ1) is 52.6. The fraction of sp³-hybridized carbons (Fsp3) is 0.559. The monoisotopic (exact) mass is 1740 g/mol. The number of anilines is 2. The van der Waals surface area contributed by atoms with E-state index in [1.165, 1.54) is 44.6 Å². The molecular weight excluding hydrogens is 1650 g/mol. The zero-order valence-corrected chi connectivity index (χ0v) is 70.7. The number of alkyl carbamates (subject to hydrolysis) is 1. The number of nitrogens with two attached hydrogens (primary N) is 1. The Bertz CT molecular complexity index is 4590. The van der Waals surface area contributed by atoms with Crippen LogP contribution in [0.25, 0.3) is 11.0 Å². The zero-order valence-electron chi connectivity index (χ0n) is 63.1. The van der Waals surface area contributed by atoms with Gasteiger partial charge in [-0.25, -0.2) is 18.5 Å². The molecule has 0 saturated carbocycles. The molecule has 112 heavy (non-hydrogen) atoms. The average Bonchev–Trinajstić information content (AvgIpc) is 1.60. The molecule has 1 fully saturated rings. The highest BCUT2D eigenvalue weighted by Gasteiger charge is 2.47. The lowest BCUT2D eigenvalue weighted by Gasteiger charge is -2.25. The van der Waals surface area contributed by atoms with Gasteiger partial charge >= 0.3 is 46.1 Å². The maximum absolute atomic E-state index is 13.2. The maximum Gasteiger partial charge on any atom is 0.490 e. The molecule has 6 atom stereocenters. The fourth-order valence-electron chi connectivity index (χ4n) is 12.0. The van der Waals surface area contributed by atoms with Gasteiger partial charge in [-0.15, -0.1) is 12.6 Å². The van der Waals surface area contributed by atoms with Crippen LogP contribution in [0.2, 0.25) is 0 Å². The molecule has 2 amide bonds. The van der Waals surface area contributed by atoms with Gasteiger partial charge in [-0.2, -0.15) is 26.6 Å². The van der Waals surface area contributed by atoms with Crippen LogP contribution in [-0.2, 0) is 122 Å². The second-order valence-corrected chi connectivity index (χ2v) is 39.2. The summed E-state index contributed by atoms with van der Waals surface area (Å²) < 4.78 is 151. The van der Waals surface area contributed by atoms with Crippen molar-refractivity contribution in [2.24, 2.45) is 0 Å². The zero-order chi connectivity index (χ0) is 82.7. The van der Waals surface area contributed by atoms with Crippen LogP contribution in [-0.4, -0.2) is 202 Å². The topological polar surface area (TPSA) is 488 Å². The van der Waals surface area contributed by atoms with Crippen LogP contribution in [0.4, 0.5) is 22.1 Å². The molecule has 1 saturated heterocycles. The number of esters is 1. The van der Waals surface area contributed by atoms with Crippen LogP contribution < -0.4 is 26.8 Å². The summed E-state index contributed by atoms with van der Waals surface area (Å²) in [6, 6.07) is 13.2. The van der Waals surface area contributed by atoms with Crippen molar-refractivity contribution >= 4 is 138 Å². The summed E-state index contributed by atoms with van der Waals surface area (Å²) in [6.07, 6.45) is 14.2. The Morgan fingerprint density at radius 2 is 1.57 bits per heavy atom. The Morgan fingerprint density at radius 3 is 2.26 bits per heavy atom. The molecule has 4 unspecified atom stereocenters. The Morgan fingerprint density at radius 1 is 0.875 bits per heavy atom. The van der Waals surface area contributed by atoms with E-state index in [0.29, 0.717) is 77.6 Å². The van der Waals surface area contributed by atoms with Crippen LogP contribution >= 0.6 is 45.1 Å². The summed E-state index contributed by atoms with van der Waals surface area (Å²) >= 11 is 5.23. The predicted octanol–water partition coefficient (Wildman–Crippen LogP) is 8.54. The number of aromatic nitrogens is 3. The third kappa shape index (κ3) is 31.0. The molecule has 622 valence electrons. The maximum atomic E-state index is 13.2. The number of ether oxygens (including phenoxy) is 7. The molecule has 5 heterocycles. The minimum atomic E-state index is -5.80. The van der Waals surface area contributed by atoms with Gasteiger partial charge in [-0.3, -0.25) is 28.4 Å². The smallest absolute Gasteiger partial charge is 0.466 e. The average molecular weight is 1740 g/mol. The van der Waals surface area contributed by atoms with E-state index >= 15 is 0 Å². The Balaban J connectivity index is 0.00000477. The number of nitrogen functional groups attached to an aromatic ring is 1. The van der Waals surface area contributed by atoms with E-state index in [1.807, 2.05) is 39.8 Å². The van der Waals surface area contributed by atoms with Crippen LogP contribution in [0, 0.1) is 11.8 Å². The number of aromatic amines is 1. The first kappa shape index (κ1) is 95.0. The largest absolute Gasteiger partial charge is 0.490 e. The van der Waals surface area contributed by atoms with E-state index in [0.717, 1.165) is 36.3 Å². The molecular formula is C68H98N8O27P3S6+. The van der Waals surface area contributed by atoms with Crippen molar-refractivity contribution in [2.45, 2.75) is 152 Å². The number of rotatable bonds is 45. The number of para-hydroxylation sites is 1. The minimum absolute atomic E-state index is 0.0161. The fourth-order valence-corrected chi connectivity index (χ4v) is 18.4. The van der Waals surface area contributed by atoms with Crippen LogP contribution in [0.1, 0.15) is 136 Å². The predicted molar refractivity (Wildman–Crippen MR) is 425 cm³/mol. The number of nitrogens with one attached hydrogen (secondary N) is 3. The molecule has 0 spiro atoms. The van der Waals surface area contributed by atoms with Crippen molar-refractivity contribution in [1.82, 2.24) is 25.2 Å². The Hall–Kier alpha value is -5.87. The summed E-state index contributed by atoms with van der Waals surface area (Å²) in [6.45, 7) is 18.0. The lowest BCUT2D eigenvalue weighted by molar-refractivity contribution is -0.438. The first-order valence-corrected chi connectivity index (χ1v) is 47.2. The number of carbonyl (C=O) groups is 3. The second-order valence-electron chi connectivity index (χ2n) is 26.9. The van der Waals surface area contributed by atoms with Gasteiger partial charge in [0.1, 0.15) is 24.8 Å². The van der Waals surface area contributed by atoms with Crippen LogP contribution in [0.15, 0.2) is 94.4 Å². The van der Waals surface area contributed by atoms with Gasteiger partial charge in [-0.1, -0.05) is 93.2 Å². The number of hydrogen-bond donors (Lipinski definition) is 9. The summed E-state index contributed by atoms with van der Waals surface area (Å²) in [5.74, 6) is 5.39. The normalized spacial score (nSPS) is 18.3. The van der Waals surface area contributed by atoms with Crippen molar-refractivity contribution in [2.75, 3.05) is 108 Å². The lowest BCUT2D eigenvalue weighted by Crippen LogP contribution is -2.30. The number of nitrogens with zero attached hydrogens (tertiary/aromatic N) is 4. The number of benzene rings is 2. The highest BCUT2D eigenvalue weighted by atomic mass is 33.1. The van der Waals surface area contributed by atoms with E-state index in [9.17, 15) is 55.6 Å². The molecule has 35 nitrogen and oxygen atoms in total. The van der Waals surface area contributed by atoms with Crippen LogP contribution in [0.5, 0.6) is 0 Å². The second kappa shape index (κ2) is 44.5. The number of amides is 2. The number of phosphoric ester groups is 1. The summed E-state index contributed by atoms with van der Waals surface area (Å²) in [5, 5.41) is 5.61. The number of phosphoric acid groups is 3. The van der Waals surface area contributed by atoms with Crippen molar-refractivity contribution in [3.63, 3.8) is 0 Å². The third-order valence-corrected chi connectivity index (χ3v) is 25.6. The molecule has 7 rings (SSSR count). The molecule has 44 heteroatoms. The SMILES string of the molecule is CCN1\C(=C/C=C/C=C/C2=[N+](CCCCCC(=O)NCCOCCOCCNC(=O)OCCC(C)(C)SSCOCCCCOC(=O)CCC#Cc3cn([C@H]4CC(OCS(C)=S)[C@@H](COP(=O)(O)OP(=O)(O)OP(=O)(O)O)O4)c4nc(N)[nH]c(=O)c34)c3ccc(S(=O)(=O)O)cc3C2(C)C)C(C)(C)c2ccccc21.O=S(=O)=O. The van der Waals surface area contributed by atoms with E-state index in [4.69, 9.17) is 77.0 Å². The van der Waals surface area contributed by atoms with Gasteiger partial charge in [0.2, 0.25) is 17.5 Å². The quantitative estimate of drug-likeness (QED) is 0.00230. The summed E-state index contributed by atoms with van der Waals surface area (Å²) in [5.41, 5.74) is 11.2. The van der Waals surface area contributed by atoms with Crippen LogP contribution in [0.3, 0.4) is 0 Å². The molecule has 0 radical (unpaired) electrons. The minimum Gasteiger partial charge on any atom is -0.466 e. The van der Waals surface area contributed by atoms with Crippen molar-refractivity contribution in [3.05, 3.63) is 112 Å². The summed E-state index contributed by atoms with van der Waals surface area (Å²) in [4.78, 5) is 97.0. The number of hydrogen-bond acceptors (Lipinski definition) is 28. The molecule has 3 aliphatic rings. The standard InChI is InChI=1S/C68H97N8O24P3S5.O3S/c1-9-74-52-24-17-16-23-50(52)67(4,5)56(74)25-12-10-13-26-57-68(6,7)51-42-49(108(88,89)90)29-30-53(51)75(57)34-19-11-14-27-58(77)70-32-38-91-40-41-92-39-33-71-65(80)95-37-31-66(2,3)106-105-46-93-35-20-21-36-94-60(78)28-18-15-22-48-44-76(62-61(48)63(79)73-64(69)72-62)59-43-54(96-47-107(8)104)55(98-59)45-97-102(84,85)100-103(86,87)99-101(81,82)83;1-4(2)3/h10,12-13,16-17,23-26,29-30,42,44,54-55,59H,9,11,14,18-21,27-28,31-41,43,45-47H2,1-8H3,(H9-,69,70,71,72,73,77,79,80,81,82,83,84,85,86,87,88,89,90);/p+1/t54?,55-,59-,107?;/m1./s1. The van der Waals surface area contributed by atoms with Gasteiger partial charge < -0.3 is 78.6 Å². The number of carbonyl (C=O) groups excluding carboxylic acids is 3. The number of fused-ring (bicyclic) bond motifs is 3. The van der Waals surface area contributed by atoms with Crippen molar-refractivity contribution < 1.29 is 124 Å². The summed E-state index contributed by atoms with van der Waals surface area (Å²) in [7, 11) is -22.0. The lowest BCUT2D eigenvalue weighted by atomic mass is 9.81. The number of allylic oxidation sites excluding steroid dienone is 6. The Kier molecular flexibility index (Phi) is 37.7. The molecule has 2 aromatic heterocycles. The van der Waals surface area contributed by atoms with E-state index in [2.05, 4.69) is 114 Å². The van der Waals surface area contributed by atoms with Gasteiger partial charge in [0.15, 0.2) is 11.4 Å². The number of likely N-dealkylation sites (N-methyl/N-ethyl adjacent to an activating group) is 1. The van der Waals surface area contributed by atoms with Gasteiger partial charge in [-0.05, 0) is 114 Å². The molecule has 0 aliphatic carbocycles. The molecule has 3 aliphatic heterocycles. The van der Waals surface area contributed by atoms with Gasteiger partial charge in [0.25, 0.3) is 15.7 Å². The molecule has 2 aromatic carbocycles.